The summed E-state index contributed by atoms with van der Waals surface area (Å²) in [6.07, 6.45) is 2.88. The Bertz CT molecular complexity index is 131. The highest BCUT2D eigenvalue weighted by Gasteiger charge is 1.78. The zero-order chi connectivity index (χ0) is 9.82. The molecular formula is C8H14O4. The summed E-state index contributed by atoms with van der Waals surface area (Å²) in [4.78, 5) is 18.7. The van der Waals surface area contributed by atoms with Crippen LogP contribution in [0.3, 0.4) is 0 Å². The summed E-state index contributed by atoms with van der Waals surface area (Å²) in [5.41, 5.74) is 0. The molecule has 0 aliphatic rings. The number of ether oxygens (including phenoxy) is 1. The van der Waals surface area contributed by atoms with Crippen molar-refractivity contribution in [2.45, 2.75) is 19.8 Å². The molecule has 0 saturated carbocycles. The second-order valence-electron chi connectivity index (χ2n) is 1.86. The molecule has 0 atom stereocenters. The highest BCUT2D eigenvalue weighted by atomic mass is 16.5. The molecule has 0 amide bonds. The molecular weight excluding hydrogens is 160 g/mol. The van der Waals surface area contributed by atoms with Gasteiger partial charge >= 0.3 is 5.97 Å². The monoisotopic (exact) mass is 174 g/mol. The molecule has 0 aliphatic heterocycles. The molecule has 0 spiro atoms. The average molecular weight is 174 g/mol. The Balaban J connectivity index is 0. The highest BCUT2D eigenvalue weighted by molar-refractivity contribution is 5.78. The third-order valence-electron chi connectivity index (χ3n) is 0.858. The first-order valence-corrected chi connectivity index (χ1v) is 3.59. The van der Waals surface area contributed by atoms with E-state index in [9.17, 15) is 9.59 Å². The van der Waals surface area contributed by atoms with Crippen molar-refractivity contribution >= 4 is 12.4 Å². The lowest BCUT2D eigenvalue weighted by atomic mass is 10.4. The third kappa shape index (κ3) is 23.4. The highest BCUT2D eigenvalue weighted by Crippen LogP contribution is 1.83. The normalized spacial score (nSPS) is 7.42. The van der Waals surface area contributed by atoms with Crippen LogP contribution in [-0.2, 0) is 14.3 Å². The van der Waals surface area contributed by atoms with Gasteiger partial charge in [0.2, 0.25) is 0 Å². The molecule has 0 heterocycles. The molecule has 0 aromatic rings. The van der Waals surface area contributed by atoms with E-state index in [1.807, 2.05) is 6.92 Å². The van der Waals surface area contributed by atoms with Gasteiger partial charge in [0.15, 0.2) is 0 Å². The molecule has 70 valence electrons. The van der Waals surface area contributed by atoms with Gasteiger partial charge in [-0.1, -0.05) is 19.9 Å². The smallest absolute Gasteiger partial charge is 0.327 e. The molecule has 0 aromatic heterocycles. The van der Waals surface area contributed by atoms with Gasteiger partial charge in [-0.2, -0.15) is 0 Å². The minimum atomic E-state index is -0.981. The van der Waals surface area contributed by atoms with Crippen LogP contribution >= 0.6 is 0 Å². The van der Waals surface area contributed by atoms with Crippen LogP contribution in [0.1, 0.15) is 19.8 Å². The fourth-order valence-electron chi connectivity index (χ4n) is 0.276. The molecule has 12 heavy (non-hydrogen) atoms. The lowest BCUT2D eigenvalue weighted by Crippen LogP contribution is -1.88. The zero-order valence-corrected chi connectivity index (χ0v) is 7.16. The van der Waals surface area contributed by atoms with E-state index >= 15 is 0 Å². The van der Waals surface area contributed by atoms with Crippen molar-refractivity contribution < 1.29 is 19.4 Å². The third-order valence-corrected chi connectivity index (χ3v) is 0.858. The number of hydrogen-bond donors (Lipinski definition) is 1. The van der Waals surface area contributed by atoms with Crippen molar-refractivity contribution in [1.29, 1.82) is 0 Å². The number of carboxylic acid groups (broad SMARTS) is 1. The second-order valence-corrected chi connectivity index (χ2v) is 1.86. The number of carbonyl (C=O) groups excluding carboxylic acids is 1. The maximum Gasteiger partial charge on any atom is 0.327 e. The lowest BCUT2D eigenvalue weighted by molar-refractivity contribution is -0.131. The molecule has 0 bridgehead atoms. The van der Waals surface area contributed by atoms with Gasteiger partial charge < -0.3 is 9.84 Å². The van der Waals surface area contributed by atoms with Crippen LogP contribution in [0.4, 0.5) is 0 Å². The molecule has 0 radical (unpaired) electrons. The van der Waals surface area contributed by atoms with Crippen molar-refractivity contribution in [1.82, 2.24) is 0 Å². The topological polar surface area (TPSA) is 63.6 Å². The number of rotatable bonds is 5. The Morgan fingerprint density at radius 3 is 2.42 bits per heavy atom. The van der Waals surface area contributed by atoms with Gasteiger partial charge in [0, 0.05) is 6.08 Å². The second kappa shape index (κ2) is 12.4. The molecule has 4 nitrogen and oxygen atoms in total. The van der Waals surface area contributed by atoms with E-state index in [2.05, 4.69) is 11.3 Å². The summed E-state index contributed by atoms with van der Waals surface area (Å²) in [7, 11) is 0. The Kier molecular flexibility index (Phi) is 13.7. The van der Waals surface area contributed by atoms with E-state index in [1.54, 1.807) is 0 Å². The summed E-state index contributed by atoms with van der Waals surface area (Å²) in [5.74, 6) is -0.981. The first kappa shape index (κ1) is 13.3. The Morgan fingerprint density at radius 2 is 2.17 bits per heavy atom. The standard InChI is InChI=1S/C5H10O2.C3H4O2/c1-2-3-4-7-5-6;1-2-3(4)5/h5H,2-4H2,1H3;2H,1H2,(H,4,5). The molecule has 4 heteroatoms. The van der Waals surface area contributed by atoms with Crippen LogP contribution in [-0.4, -0.2) is 24.2 Å². The average Bonchev–Trinajstić information content (AvgIpc) is 2.07. The van der Waals surface area contributed by atoms with Crippen LogP contribution in [0.25, 0.3) is 0 Å². The van der Waals surface area contributed by atoms with Crippen molar-refractivity contribution in [2.24, 2.45) is 0 Å². The van der Waals surface area contributed by atoms with E-state index in [0.29, 0.717) is 13.1 Å². The molecule has 0 aromatic carbocycles. The predicted octanol–water partition coefficient (Wildman–Crippen LogP) is 1.22. The molecule has 0 unspecified atom stereocenters. The van der Waals surface area contributed by atoms with Crippen molar-refractivity contribution in [3.63, 3.8) is 0 Å². The fraction of sp³-hybridized carbons (Fsp3) is 0.500. The van der Waals surface area contributed by atoms with Crippen LogP contribution in [0.15, 0.2) is 12.7 Å². The molecule has 1 N–H and O–H groups in total. The lowest BCUT2D eigenvalue weighted by Gasteiger charge is -1.90. The summed E-state index contributed by atoms with van der Waals surface area (Å²) in [6.45, 7) is 6.06. The molecule has 0 saturated heterocycles. The van der Waals surface area contributed by atoms with E-state index in [1.165, 1.54) is 0 Å². The Hall–Kier alpha value is -1.32. The van der Waals surface area contributed by atoms with Crippen molar-refractivity contribution in [3.8, 4) is 0 Å². The van der Waals surface area contributed by atoms with Gasteiger partial charge in [-0.25, -0.2) is 4.79 Å². The van der Waals surface area contributed by atoms with E-state index in [-0.39, 0.29) is 0 Å². The maximum atomic E-state index is 9.46. The summed E-state index contributed by atoms with van der Waals surface area (Å²) < 4.78 is 4.39. The van der Waals surface area contributed by atoms with Gasteiger partial charge in [0.25, 0.3) is 6.47 Å². The van der Waals surface area contributed by atoms with Gasteiger partial charge in [0.1, 0.15) is 0 Å². The summed E-state index contributed by atoms with van der Waals surface area (Å²) in [5, 5.41) is 7.60. The van der Waals surface area contributed by atoms with Crippen molar-refractivity contribution in [3.05, 3.63) is 12.7 Å². The van der Waals surface area contributed by atoms with Crippen LogP contribution < -0.4 is 0 Å². The molecule has 0 fully saturated rings. The van der Waals surface area contributed by atoms with Crippen LogP contribution in [0.5, 0.6) is 0 Å². The maximum absolute atomic E-state index is 9.46. The minimum Gasteiger partial charge on any atom is -0.478 e. The first-order chi connectivity index (χ1) is 5.68. The van der Waals surface area contributed by atoms with E-state index < -0.39 is 5.97 Å². The number of aliphatic carboxylic acids is 1. The Labute approximate surface area is 71.8 Å². The summed E-state index contributed by atoms with van der Waals surface area (Å²) >= 11 is 0. The van der Waals surface area contributed by atoms with E-state index in [0.717, 1.165) is 18.9 Å². The first-order valence-electron chi connectivity index (χ1n) is 3.59. The number of hydrogen-bond acceptors (Lipinski definition) is 3. The van der Waals surface area contributed by atoms with Gasteiger partial charge in [-0.05, 0) is 6.42 Å². The number of unbranched alkanes of at least 4 members (excludes halogenated alkanes) is 1. The fourth-order valence-corrected chi connectivity index (χ4v) is 0.276. The SMILES string of the molecule is C=CC(=O)O.CCCCOC=O. The quantitative estimate of drug-likeness (QED) is 0.386. The van der Waals surface area contributed by atoms with Gasteiger partial charge in [-0.3, -0.25) is 4.79 Å². The van der Waals surface area contributed by atoms with Gasteiger partial charge in [-0.15, -0.1) is 0 Å². The number of carboxylic acids is 1. The van der Waals surface area contributed by atoms with Crippen LogP contribution in [0, 0.1) is 0 Å². The minimum absolute atomic E-state index is 0.482. The summed E-state index contributed by atoms with van der Waals surface area (Å²) in [6, 6.07) is 0. The van der Waals surface area contributed by atoms with Gasteiger partial charge in [0.05, 0.1) is 6.61 Å². The number of carbonyl (C=O) groups is 2. The molecule has 0 rings (SSSR count). The van der Waals surface area contributed by atoms with E-state index in [4.69, 9.17) is 5.11 Å². The van der Waals surface area contributed by atoms with Crippen molar-refractivity contribution in [2.75, 3.05) is 6.61 Å². The molecule has 0 aliphatic carbocycles. The zero-order valence-electron chi connectivity index (χ0n) is 7.16. The van der Waals surface area contributed by atoms with Crippen LogP contribution in [0.2, 0.25) is 0 Å². The Morgan fingerprint density at radius 1 is 1.67 bits per heavy atom. The predicted molar refractivity (Wildman–Crippen MR) is 44.8 cm³/mol. The largest absolute Gasteiger partial charge is 0.478 e.